The van der Waals surface area contributed by atoms with Gasteiger partial charge in [-0.3, -0.25) is 4.31 Å². The fourth-order valence-corrected chi connectivity index (χ4v) is 4.47. The summed E-state index contributed by atoms with van der Waals surface area (Å²) in [4.78, 5) is 0.197. The maximum absolute atomic E-state index is 12.9. The van der Waals surface area contributed by atoms with Crippen LogP contribution in [0.4, 0.5) is 5.69 Å². The van der Waals surface area contributed by atoms with Crippen LogP contribution in [0.2, 0.25) is 5.02 Å². The Hall–Kier alpha value is -1.56. The molecule has 1 aliphatic rings. The molecule has 0 spiro atoms. The van der Waals surface area contributed by atoms with Crippen molar-refractivity contribution in [2.45, 2.75) is 24.3 Å². The highest BCUT2D eigenvalue weighted by atomic mass is 35.5. The second-order valence-electron chi connectivity index (χ2n) is 5.35. The first-order valence-corrected chi connectivity index (χ1v) is 8.79. The van der Waals surface area contributed by atoms with Gasteiger partial charge >= 0.3 is 0 Å². The van der Waals surface area contributed by atoms with Crippen molar-refractivity contribution in [3.05, 3.63) is 58.6 Å². The Morgan fingerprint density at radius 2 is 1.86 bits per heavy atom. The van der Waals surface area contributed by atoms with Gasteiger partial charge in [0.25, 0.3) is 10.0 Å². The molecule has 4 nitrogen and oxygen atoms in total. The Labute approximate surface area is 135 Å². The third kappa shape index (κ3) is 2.49. The van der Waals surface area contributed by atoms with Crippen LogP contribution in [0.3, 0.4) is 0 Å². The van der Waals surface area contributed by atoms with E-state index in [1.54, 1.807) is 18.2 Å². The standard InChI is InChI=1S/C16H16ClNO3S/c1-11-3-2-4-14-15(19)9-10-18(16(11)14)22(20,21)13-7-5-12(17)6-8-13/h2-8,15,19H,9-10H2,1H3. The fraction of sp³-hybridized carbons (Fsp3) is 0.250. The van der Waals surface area contributed by atoms with Gasteiger partial charge in [0, 0.05) is 17.1 Å². The molecular formula is C16H16ClNO3S. The SMILES string of the molecule is Cc1cccc2c1N(S(=O)(=O)c1ccc(Cl)cc1)CCC2O. The number of aliphatic hydroxyl groups is 1. The van der Waals surface area contributed by atoms with E-state index in [1.165, 1.54) is 16.4 Å². The maximum atomic E-state index is 12.9. The minimum Gasteiger partial charge on any atom is -0.388 e. The van der Waals surface area contributed by atoms with Crippen molar-refractivity contribution >= 4 is 27.3 Å². The zero-order valence-corrected chi connectivity index (χ0v) is 13.6. The molecule has 6 heteroatoms. The molecule has 1 aliphatic heterocycles. The first kappa shape index (κ1) is 15.3. The van der Waals surface area contributed by atoms with Crippen molar-refractivity contribution in [3.63, 3.8) is 0 Å². The lowest BCUT2D eigenvalue weighted by Crippen LogP contribution is -2.37. The van der Waals surface area contributed by atoms with E-state index in [2.05, 4.69) is 0 Å². The topological polar surface area (TPSA) is 57.6 Å². The van der Waals surface area contributed by atoms with E-state index in [-0.39, 0.29) is 11.4 Å². The van der Waals surface area contributed by atoms with E-state index in [9.17, 15) is 13.5 Å². The maximum Gasteiger partial charge on any atom is 0.264 e. The number of para-hydroxylation sites is 1. The summed E-state index contributed by atoms with van der Waals surface area (Å²) in [7, 11) is -3.67. The average Bonchev–Trinajstić information content (AvgIpc) is 2.49. The van der Waals surface area contributed by atoms with Gasteiger partial charge in [0.05, 0.1) is 16.7 Å². The molecule has 2 aromatic carbocycles. The molecule has 0 aliphatic carbocycles. The molecule has 22 heavy (non-hydrogen) atoms. The Morgan fingerprint density at radius 1 is 1.18 bits per heavy atom. The number of hydrogen-bond acceptors (Lipinski definition) is 3. The summed E-state index contributed by atoms with van der Waals surface area (Å²) in [5.74, 6) is 0. The Morgan fingerprint density at radius 3 is 2.55 bits per heavy atom. The number of nitrogens with zero attached hydrogens (tertiary/aromatic N) is 1. The predicted molar refractivity (Wildman–Crippen MR) is 86.7 cm³/mol. The number of fused-ring (bicyclic) bond motifs is 1. The number of aryl methyl sites for hydroxylation is 1. The summed E-state index contributed by atoms with van der Waals surface area (Å²) in [6.07, 6.45) is -0.255. The highest BCUT2D eigenvalue weighted by molar-refractivity contribution is 7.92. The van der Waals surface area contributed by atoms with E-state index in [1.807, 2.05) is 19.1 Å². The molecule has 116 valence electrons. The molecule has 1 atom stereocenters. The number of aliphatic hydroxyl groups excluding tert-OH is 1. The van der Waals surface area contributed by atoms with Gasteiger partial charge in [-0.15, -0.1) is 0 Å². The first-order valence-electron chi connectivity index (χ1n) is 6.97. The number of sulfonamides is 1. The summed E-state index contributed by atoms with van der Waals surface area (Å²) in [5.41, 5.74) is 2.06. The van der Waals surface area contributed by atoms with E-state index in [4.69, 9.17) is 11.6 Å². The number of halogens is 1. The molecule has 1 N–H and O–H groups in total. The highest BCUT2D eigenvalue weighted by Gasteiger charge is 2.33. The smallest absolute Gasteiger partial charge is 0.264 e. The van der Waals surface area contributed by atoms with Crippen LogP contribution in [0.25, 0.3) is 0 Å². The molecular weight excluding hydrogens is 322 g/mol. The van der Waals surface area contributed by atoms with E-state index < -0.39 is 16.1 Å². The molecule has 0 aromatic heterocycles. The minimum atomic E-state index is -3.67. The lowest BCUT2D eigenvalue weighted by atomic mass is 9.98. The predicted octanol–water partition coefficient (Wildman–Crippen LogP) is 3.28. The molecule has 0 saturated heterocycles. The second-order valence-corrected chi connectivity index (χ2v) is 7.65. The Kier molecular flexibility index (Phi) is 3.89. The zero-order chi connectivity index (χ0) is 15.9. The van der Waals surface area contributed by atoms with Gasteiger partial charge in [-0.25, -0.2) is 8.42 Å². The van der Waals surface area contributed by atoms with E-state index in [0.29, 0.717) is 22.7 Å². The van der Waals surface area contributed by atoms with Gasteiger partial charge in [0.15, 0.2) is 0 Å². The van der Waals surface area contributed by atoms with Crippen molar-refractivity contribution in [2.75, 3.05) is 10.8 Å². The van der Waals surface area contributed by atoms with Crippen molar-refractivity contribution in [3.8, 4) is 0 Å². The van der Waals surface area contributed by atoms with Crippen molar-refractivity contribution in [2.24, 2.45) is 0 Å². The van der Waals surface area contributed by atoms with Crippen LogP contribution in [0.15, 0.2) is 47.4 Å². The lowest BCUT2D eigenvalue weighted by molar-refractivity contribution is 0.166. The number of rotatable bonds is 2. The number of hydrogen-bond donors (Lipinski definition) is 1. The van der Waals surface area contributed by atoms with E-state index >= 15 is 0 Å². The summed E-state index contributed by atoms with van der Waals surface area (Å²) in [6, 6.07) is 11.6. The zero-order valence-electron chi connectivity index (χ0n) is 12.0. The van der Waals surface area contributed by atoms with Crippen LogP contribution in [0.1, 0.15) is 23.7 Å². The average molecular weight is 338 g/mol. The van der Waals surface area contributed by atoms with Crippen molar-refractivity contribution in [1.82, 2.24) is 0 Å². The normalized spacial score (nSPS) is 18.1. The summed E-state index contributed by atoms with van der Waals surface area (Å²) < 4.78 is 27.2. The van der Waals surface area contributed by atoms with Crippen LogP contribution in [0.5, 0.6) is 0 Å². The van der Waals surface area contributed by atoms with Gasteiger partial charge in [0.1, 0.15) is 0 Å². The second kappa shape index (κ2) is 5.57. The number of anilines is 1. The molecule has 0 amide bonds. The number of benzene rings is 2. The van der Waals surface area contributed by atoms with Crippen LogP contribution < -0.4 is 4.31 Å². The van der Waals surface area contributed by atoms with Gasteiger partial charge < -0.3 is 5.11 Å². The largest absolute Gasteiger partial charge is 0.388 e. The molecule has 0 fully saturated rings. The van der Waals surface area contributed by atoms with Crippen LogP contribution in [-0.2, 0) is 10.0 Å². The van der Waals surface area contributed by atoms with Crippen molar-refractivity contribution in [1.29, 1.82) is 0 Å². The quantitative estimate of drug-likeness (QED) is 0.915. The molecule has 0 saturated carbocycles. The summed E-state index contributed by atoms with van der Waals surface area (Å²) >= 11 is 5.83. The molecule has 1 unspecified atom stereocenters. The van der Waals surface area contributed by atoms with Gasteiger partial charge in [-0.1, -0.05) is 29.8 Å². The van der Waals surface area contributed by atoms with E-state index in [0.717, 1.165) is 5.56 Å². The van der Waals surface area contributed by atoms with Gasteiger partial charge in [-0.2, -0.15) is 0 Å². The molecule has 2 aromatic rings. The Bertz CT molecular complexity index is 803. The Balaban J connectivity index is 2.14. The fourth-order valence-electron chi connectivity index (χ4n) is 2.77. The molecule has 0 bridgehead atoms. The first-order chi connectivity index (χ1) is 10.4. The minimum absolute atomic E-state index is 0.197. The third-order valence-electron chi connectivity index (χ3n) is 3.88. The summed E-state index contributed by atoms with van der Waals surface area (Å²) in [5, 5.41) is 10.6. The monoisotopic (exact) mass is 337 g/mol. The lowest BCUT2D eigenvalue weighted by Gasteiger charge is -2.34. The van der Waals surface area contributed by atoms with Gasteiger partial charge in [0.2, 0.25) is 0 Å². The van der Waals surface area contributed by atoms with Crippen molar-refractivity contribution < 1.29 is 13.5 Å². The van der Waals surface area contributed by atoms with Gasteiger partial charge in [-0.05, 0) is 43.2 Å². The van der Waals surface area contributed by atoms with Crippen LogP contribution in [0, 0.1) is 6.92 Å². The third-order valence-corrected chi connectivity index (χ3v) is 5.95. The summed E-state index contributed by atoms with van der Waals surface area (Å²) in [6.45, 7) is 2.10. The molecule has 1 heterocycles. The molecule has 3 rings (SSSR count). The highest BCUT2D eigenvalue weighted by Crippen LogP contribution is 2.39. The van der Waals surface area contributed by atoms with Crippen LogP contribution in [-0.4, -0.2) is 20.1 Å². The molecule has 0 radical (unpaired) electrons. The van der Waals surface area contributed by atoms with Crippen LogP contribution >= 0.6 is 11.6 Å².